The number of thioether (sulfide) groups is 1. The van der Waals surface area contributed by atoms with Gasteiger partial charge in [-0.2, -0.15) is 11.8 Å². The standard InChI is InChI=1S/C16H26N4OS.HI/c1-17-16(18-7-12-22-2)19-13-14-5-3-4-6-15(14)20-8-10-21-11-9-20;/h3-6H,7-13H2,1-2H3,(H2,17,18,19);1H. The highest BCUT2D eigenvalue weighted by Gasteiger charge is 2.14. The van der Waals surface area contributed by atoms with Gasteiger partial charge in [-0.1, -0.05) is 18.2 Å². The summed E-state index contributed by atoms with van der Waals surface area (Å²) in [6, 6.07) is 8.55. The Morgan fingerprint density at radius 2 is 2.00 bits per heavy atom. The number of nitrogens with one attached hydrogen (secondary N) is 2. The molecule has 23 heavy (non-hydrogen) atoms. The van der Waals surface area contributed by atoms with Gasteiger partial charge in [0.15, 0.2) is 5.96 Å². The number of aliphatic imine (C=N–C) groups is 1. The van der Waals surface area contributed by atoms with Crippen molar-refractivity contribution < 1.29 is 4.74 Å². The summed E-state index contributed by atoms with van der Waals surface area (Å²) in [7, 11) is 1.81. The highest BCUT2D eigenvalue weighted by molar-refractivity contribution is 14.0. The summed E-state index contributed by atoms with van der Waals surface area (Å²) < 4.78 is 5.44. The number of guanidine groups is 1. The third-order valence-corrected chi connectivity index (χ3v) is 4.22. The monoisotopic (exact) mass is 450 g/mol. The lowest BCUT2D eigenvalue weighted by molar-refractivity contribution is 0.122. The number of anilines is 1. The lowest BCUT2D eigenvalue weighted by atomic mass is 10.1. The molecule has 1 aliphatic rings. The van der Waals surface area contributed by atoms with Crippen molar-refractivity contribution >= 4 is 47.4 Å². The van der Waals surface area contributed by atoms with Gasteiger partial charge in [-0.15, -0.1) is 24.0 Å². The molecule has 0 amide bonds. The van der Waals surface area contributed by atoms with Crippen LogP contribution in [-0.4, -0.2) is 57.9 Å². The number of morpholine rings is 1. The van der Waals surface area contributed by atoms with Crippen LogP contribution in [0.1, 0.15) is 5.56 Å². The molecule has 2 N–H and O–H groups in total. The average molecular weight is 450 g/mol. The van der Waals surface area contributed by atoms with Gasteiger partial charge in [0.25, 0.3) is 0 Å². The van der Waals surface area contributed by atoms with Crippen molar-refractivity contribution in [1.82, 2.24) is 10.6 Å². The Bertz CT molecular complexity index is 481. The first-order valence-corrected chi connectivity index (χ1v) is 9.08. The summed E-state index contributed by atoms with van der Waals surface area (Å²) in [6.45, 7) is 5.22. The number of hydrogen-bond acceptors (Lipinski definition) is 4. The van der Waals surface area contributed by atoms with E-state index in [1.165, 1.54) is 11.3 Å². The summed E-state index contributed by atoms with van der Waals surface area (Å²) in [5.41, 5.74) is 2.58. The quantitative estimate of drug-likeness (QED) is 0.301. The van der Waals surface area contributed by atoms with Gasteiger partial charge in [0.2, 0.25) is 0 Å². The maximum atomic E-state index is 5.44. The van der Waals surface area contributed by atoms with Gasteiger partial charge in [-0.25, -0.2) is 0 Å². The van der Waals surface area contributed by atoms with Gasteiger partial charge in [0, 0.05) is 44.7 Å². The van der Waals surface area contributed by atoms with E-state index in [2.05, 4.69) is 51.0 Å². The maximum absolute atomic E-state index is 5.44. The van der Waals surface area contributed by atoms with Crippen LogP contribution in [-0.2, 0) is 11.3 Å². The van der Waals surface area contributed by atoms with Gasteiger partial charge in [0.1, 0.15) is 0 Å². The lowest BCUT2D eigenvalue weighted by Gasteiger charge is -2.30. The minimum absolute atomic E-state index is 0. The second-order valence-electron chi connectivity index (χ2n) is 5.07. The Labute approximate surface area is 160 Å². The molecular formula is C16H27IN4OS. The number of hydrogen-bond donors (Lipinski definition) is 2. The predicted molar refractivity (Wildman–Crippen MR) is 111 cm³/mol. The Morgan fingerprint density at radius 1 is 1.26 bits per heavy atom. The first kappa shape index (κ1) is 20.4. The molecule has 1 fully saturated rings. The average Bonchev–Trinajstić information content (AvgIpc) is 2.59. The lowest BCUT2D eigenvalue weighted by Crippen LogP contribution is -2.39. The Morgan fingerprint density at radius 3 is 2.70 bits per heavy atom. The van der Waals surface area contributed by atoms with E-state index in [0.717, 1.165) is 51.1 Å². The van der Waals surface area contributed by atoms with Crippen LogP contribution < -0.4 is 15.5 Å². The molecule has 5 nitrogen and oxygen atoms in total. The Kier molecular flexibility index (Phi) is 10.5. The Hall–Kier alpha value is -0.670. The largest absolute Gasteiger partial charge is 0.378 e. The molecule has 7 heteroatoms. The van der Waals surface area contributed by atoms with Crippen molar-refractivity contribution in [2.75, 3.05) is 56.8 Å². The molecule has 0 saturated carbocycles. The molecule has 0 radical (unpaired) electrons. The molecule has 0 atom stereocenters. The zero-order chi connectivity index (χ0) is 15.6. The summed E-state index contributed by atoms with van der Waals surface area (Å²) in [5.74, 6) is 1.93. The third-order valence-electron chi connectivity index (χ3n) is 3.61. The highest BCUT2D eigenvalue weighted by Crippen LogP contribution is 2.21. The molecule has 0 bridgehead atoms. The van der Waals surface area contributed by atoms with E-state index in [9.17, 15) is 0 Å². The number of halogens is 1. The Balaban J connectivity index is 0.00000264. The van der Waals surface area contributed by atoms with Crippen LogP contribution >= 0.6 is 35.7 Å². The maximum Gasteiger partial charge on any atom is 0.191 e. The smallest absolute Gasteiger partial charge is 0.191 e. The second-order valence-corrected chi connectivity index (χ2v) is 6.06. The fourth-order valence-corrected chi connectivity index (χ4v) is 2.75. The van der Waals surface area contributed by atoms with Crippen LogP contribution in [0.25, 0.3) is 0 Å². The van der Waals surface area contributed by atoms with Crippen LogP contribution in [0.4, 0.5) is 5.69 Å². The summed E-state index contributed by atoms with van der Waals surface area (Å²) >= 11 is 1.83. The fraction of sp³-hybridized carbons (Fsp3) is 0.562. The molecule has 130 valence electrons. The minimum atomic E-state index is 0. The third kappa shape index (κ3) is 6.76. The van der Waals surface area contributed by atoms with E-state index in [4.69, 9.17) is 4.74 Å². The van der Waals surface area contributed by atoms with Crippen molar-refractivity contribution in [3.63, 3.8) is 0 Å². The molecule has 1 saturated heterocycles. The second kappa shape index (κ2) is 11.8. The van der Waals surface area contributed by atoms with Crippen LogP contribution in [0.3, 0.4) is 0 Å². The molecule has 0 spiro atoms. The number of rotatable bonds is 6. The normalized spacial score (nSPS) is 15.0. The van der Waals surface area contributed by atoms with Crippen LogP contribution in [0.5, 0.6) is 0 Å². The zero-order valence-electron chi connectivity index (χ0n) is 13.9. The molecule has 1 heterocycles. The summed E-state index contributed by atoms with van der Waals surface area (Å²) in [6.07, 6.45) is 2.11. The highest BCUT2D eigenvalue weighted by atomic mass is 127. The van der Waals surface area contributed by atoms with Crippen molar-refractivity contribution in [1.29, 1.82) is 0 Å². The van der Waals surface area contributed by atoms with Crippen molar-refractivity contribution in [3.05, 3.63) is 29.8 Å². The van der Waals surface area contributed by atoms with E-state index in [-0.39, 0.29) is 24.0 Å². The van der Waals surface area contributed by atoms with Gasteiger partial charge in [-0.3, -0.25) is 4.99 Å². The SMILES string of the molecule is CN=C(NCCSC)NCc1ccccc1N1CCOCC1.I. The molecule has 1 aliphatic heterocycles. The number of para-hydroxylation sites is 1. The van der Waals surface area contributed by atoms with Gasteiger partial charge >= 0.3 is 0 Å². The first-order valence-electron chi connectivity index (χ1n) is 7.69. The summed E-state index contributed by atoms with van der Waals surface area (Å²) in [5, 5.41) is 6.72. The first-order chi connectivity index (χ1) is 10.8. The zero-order valence-corrected chi connectivity index (χ0v) is 17.0. The van der Waals surface area contributed by atoms with Crippen LogP contribution in [0.2, 0.25) is 0 Å². The molecule has 2 rings (SSSR count). The molecule has 0 unspecified atom stereocenters. The van der Waals surface area contributed by atoms with Crippen molar-refractivity contribution in [3.8, 4) is 0 Å². The van der Waals surface area contributed by atoms with E-state index < -0.39 is 0 Å². The predicted octanol–water partition coefficient (Wildman–Crippen LogP) is 2.17. The topological polar surface area (TPSA) is 48.9 Å². The van der Waals surface area contributed by atoms with E-state index in [1.54, 1.807) is 0 Å². The minimum Gasteiger partial charge on any atom is -0.378 e. The number of nitrogens with zero attached hydrogens (tertiary/aromatic N) is 2. The molecule has 1 aromatic carbocycles. The van der Waals surface area contributed by atoms with Crippen LogP contribution in [0, 0.1) is 0 Å². The number of ether oxygens (including phenoxy) is 1. The van der Waals surface area contributed by atoms with E-state index >= 15 is 0 Å². The molecule has 0 aliphatic carbocycles. The van der Waals surface area contributed by atoms with E-state index in [0.29, 0.717) is 0 Å². The summed E-state index contributed by atoms with van der Waals surface area (Å²) in [4.78, 5) is 6.66. The van der Waals surface area contributed by atoms with Crippen molar-refractivity contribution in [2.24, 2.45) is 4.99 Å². The van der Waals surface area contributed by atoms with Gasteiger partial charge < -0.3 is 20.3 Å². The van der Waals surface area contributed by atoms with Crippen LogP contribution in [0.15, 0.2) is 29.3 Å². The molecular weight excluding hydrogens is 423 g/mol. The van der Waals surface area contributed by atoms with E-state index in [1.807, 2.05) is 18.8 Å². The van der Waals surface area contributed by atoms with Gasteiger partial charge in [0.05, 0.1) is 13.2 Å². The van der Waals surface area contributed by atoms with Crippen molar-refractivity contribution in [2.45, 2.75) is 6.54 Å². The van der Waals surface area contributed by atoms with Gasteiger partial charge in [-0.05, 0) is 17.9 Å². The fourth-order valence-electron chi connectivity index (χ4n) is 2.44. The molecule has 0 aromatic heterocycles. The number of benzene rings is 1. The molecule has 1 aromatic rings.